The average Bonchev–Trinajstić information content (AvgIpc) is 2.77. The number of benzene rings is 1. The van der Waals surface area contributed by atoms with E-state index in [0.717, 1.165) is 12.0 Å². The molecule has 3 rings (SSSR count). The summed E-state index contributed by atoms with van der Waals surface area (Å²) in [5, 5.41) is 0. The third-order valence-corrected chi connectivity index (χ3v) is 6.28. The fraction of sp³-hybridized carbons (Fsp3) is 0.400. The second kappa shape index (κ2) is 4.77. The zero-order valence-corrected chi connectivity index (χ0v) is 14.4. The van der Waals surface area contributed by atoms with E-state index in [1.165, 1.54) is 6.07 Å². The topological polar surface area (TPSA) is 17.1 Å². The molecule has 20 heavy (non-hydrogen) atoms. The summed E-state index contributed by atoms with van der Waals surface area (Å²) >= 11 is 5.31. The minimum absolute atomic E-state index is 0.00389. The molecule has 0 fully saturated rings. The van der Waals surface area contributed by atoms with Crippen molar-refractivity contribution in [2.24, 2.45) is 5.41 Å². The molecule has 104 valence electrons. The maximum absolute atomic E-state index is 14.4. The first-order valence-corrected chi connectivity index (χ1v) is 8.28. The van der Waals surface area contributed by atoms with E-state index in [2.05, 4.69) is 15.9 Å². The van der Waals surface area contributed by atoms with E-state index >= 15 is 0 Å². The van der Waals surface area contributed by atoms with Crippen molar-refractivity contribution in [2.45, 2.75) is 32.6 Å². The first-order chi connectivity index (χ1) is 9.41. The molecule has 0 aliphatic heterocycles. The van der Waals surface area contributed by atoms with Gasteiger partial charge in [-0.25, -0.2) is 0 Å². The molecular formula is C15H12AsBrF2O. The number of hydrogen-bond acceptors (Lipinski definition) is 1. The predicted octanol–water partition coefficient (Wildman–Crippen LogP) is 3.18. The van der Waals surface area contributed by atoms with Crippen LogP contribution in [0.4, 0.5) is 8.78 Å². The van der Waals surface area contributed by atoms with E-state index in [0.29, 0.717) is 34.9 Å². The Morgan fingerprint density at radius 2 is 2.15 bits per heavy atom. The number of rotatable bonds is 1. The van der Waals surface area contributed by atoms with Crippen LogP contribution in [-0.4, -0.2) is 22.6 Å². The summed E-state index contributed by atoms with van der Waals surface area (Å²) in [6.45, 7) is 2.04. The number of carbonyl (C=O) groups excluding carboxylic acids is 1. The Labute approximate surface area is 133 Å². The molecular weight excluding hydrogens is 389 g/mol. The summed E-state index contributed by atoms with van der Waals surface area (Å²) in [7, 11) is 0. The maximum atomic E-state index is 14.4. The molecule has 0 spiro atoms. The molecule has 0 amide bonds. The number of Topliss-reactive ketones (excluding diaryl/α,β-unsaturated/α-hetero) is 1. The van der Waals surface area contributed by atoms with Crippen molar-refractivity contribution in [2.75, 3.05) is 0 Å². The molecule has 5 heteroatoms. The van der Waals surface area contributed by atoms with Crippen LogP contribution in [0.1, 0.15) is 37.3 Å². The van der Waals surface area contributed by atoms with Crippen LogP contribution in [0.3, 0.4) is 0 Å². The number of fused-ring (bicyclic) bond motifs is 3. The van der Waals surface area contributed by atoms with E-state index in [-0.39, 0.29) is 15.5 Å². The van der Waals surface area contributed by atoms with Crippen LogP contribution in [0.5, 0.6) is 0 Å². The summed E-state index contributed by atoms with van der Waals surface area (Å²) in [5.74, 6) is -1.03. The van der Waals surface area contributed by atoms with Gasteiger partial charge in [-0.3, -0.25) is 0 Å². The van der Waals surface area contributed by atoms with Crippen LogP contribution < -0.4 is 4.35 Å². The molecule has 2 radical (unpaired) electrons. The second-order valence-electron chi connectivity index (χ2n) is 5.47. The van der Waals surface area contributed by atoms with Crippen molar-refractivity contribution in [1.29, 1.82) is 0 Å². The molecule has 1 nitrogen and oxygen atoms in total. The Balaban J connectivity index is 2.34. The van der Waals surface area contributed by atoms with Crippen molar-refractivity contribution in [3.8, 4) is 0 Å². The molecule has 1 atom stereocenters. The third kappa shape index (κ3) is 1.80. The standard InChI is InChI=1S/C15H12AsBrF2O/c1-2-15-4-3-10(20)13(17)11(15)7-5-9(18)12(16)14(19)8(7)6-15/h5H,2-4,6H2,1H3. The van der Waals surface area contributed by atoms with Crippen LogP contribution >= 0.6 is 15.9 Å². The minimum atomic E-state index is -0.570. The fourth-order valence-corrected chi connectivity index (χ4v) is 4.65. The molecule has 0 heterocycles. The first-order valence-electron chi connectivity index (χ1n) is 6.55. The van der Waals surface area contributed by atoms with Crippen molar-refractivity contribution in [1.82, 2.24) is 0 Å². The van der Waals surface area contributed by atoms with E-state index in [1.807, 2.05) is 23.8 Å². The molecule has 0 N–H and O–H groups in total. The zero-order valence-electron chi connectivity index (χ0n) is 10.9. The van der Waals surface area contributed by atoms with Gasteiger partial charge in [-0.1, -0.05) is 0 Å². The summed E-state index contributed by atoms with van der Waals surface area (Å²) < 4.78 is 28.7. The van der Waals surface area contributed by atoms with Gasteiger partial charge in [0.25, 0.3) is 0 Å². The third-order valence-electron chi connectivity index (χ3n) is 4.58. The van der Waals surface area contributed by atoms with Crippen molar-refractivity contribution < 1.29 is 13.6 Å². The Morgan fingerprint density at radius 1 is 1.45 bits per heavy atom. The van der Waals surface area contributed by atoms with Gasteiger partial charge < -0.3 is 0 Å². The SMILES string of the molecule is CCC12CCC(=O)C(Br)=C1c1cc(F)c([As])c(F)c1C2. The first kappa shape index (κ1) is 14.5. The average molecular weight is 401 g/mol. The molecule has 1 aromatic carbocycles. The number of hydrogen-bond donors (Lipinski definition) is 0. The molecule has 2 aliphatic carbocycles. The number of ketones is 1. The van der Waals surface area contributed by atoms with Gasteiger partial charge >= 0.3 is 133 Å². The van der Waals surface area contributed by atoms with Gasteiger partial charge in [0.05, 0.1) is 0 Å². The molecule has 1 unspecified atom stereocenters. The predicted molar refractivity (Wildman–Crippen MR) is 78.3 cm³/mol. The van der Waals surface area contributed by atoms with Crippen LogP contribution in [0.2, 0.25) is 0 Å². The molecule has 0 aromatic heterocycles. The van der Waals surface area contributed by atoms with Crippen molar-refractivity contribution in [3.05, 3.63) is 33.3 Å². The van der Waals surface area contributed by atoms with E-state index < -0.39 is 11.6 Å². The Hall–Kier alpha value is -0.472. The van der Waals surface area contributed by atoms with Crippen molar-refractivity contribution in [3.63, 3.8) is 0 Å². The van der Waals surface area contributed by atoms with Gasteiger partial charge in [0.2, 0.25) is 0 Å². The Kier molecular flexibility index (Phi) is 3.45. The van der Waals surface area contributed by atoms with E-state index in [1.54, 1.807) is 0 Å². The zero-order chi connectivity index (χ0) is 14.7. The second-order valence-corrected chi connectivity index (χ2v) is 7.20. The van der Waals surface area contributed by atoms with Gasteiger partial charge in [-0.05, 0) is 0 Å². The van der Waals surface area contributed by atoms with Gasteiger partial charge in [0.1, 0.15) is 0 Å². The van der Waals surface area contributed by atoms with Gasteiger partial charge in [0, 0.05) is 0 Å². The summed E-state index contributed by atoms with van der Waals surface area (Å²) in [5.41, 5.74) is 1.68. The van der Waals surface area contributed by atoms with Crippen LogP contribution in [0.15, 0.2) is 10.5 Å². The normalized spacial score (nSPS) is 24.9. The summed E-state index contributed by atoms with van der Waals surface area (Å²) in [4.78, 5) is 11.9. The molecule has 0 saturated heterocycles. The van der Waals surface area contributed by atoms with E-state index in [4.69, 9.17) is 0 Å². The number of halogens is 3. The Bertz CT molecular complexity index is 668. The molecule has 0 saturated carbocycles. The number of allylic oxidation sites excluding steroid dienone is 2. The fourth-order valence-electron chi connectivity index (χ4n) is 3.40. The van der Waals surface area contributed by atoms with E-state index in [9.17, 15) is 13.6 Å². The monoisotopic (exact) mass is 400 g/mol. The number of carbonyl (C=O) groups is 1. The Morgan fingerprint density at radius 3 is 2.80 bits per heavy atom. The molecule has 2 aliphatic rings. The van der Waals surface area contributed by atoms with Gasteiger partial charge in [0.15, 0.2) is 0 Å². The van der Waals surface area contributed by atoms with Crippen LogP contribution in [-0.2, 0) is 11.2 Å². The van der Waals surface area contributed by atoms with Gasteiger partial charge in [-0.15, -0.1) is 0 Å². The summed E-state index contributed by atoms with van der Waals surface area (Å²) in [6.07, 6.45) is 2.53. The van der Waals surface area contributed by atoms with Crippen molar-refractivity contribution >= 4 is 48.5 Å². The molecule has 0 bridgehead atoms. The quantitative estimate of drug-likeness (QED) is 0.661. The van der Waals surface area contributed by atoms with Crippen LogP contribution in [0, 0.1) is 17.0 Å². The molecule has 1 aromatic rings. The summed E-state index contributed by atoms with van der Waals surface area (Å²) in [6, 6.07) is 1.37. The van der Waals surface area contributed by atoms with Crippen LogP contribution in [0.25, 0.3) is 5.57 Å². The van der Waals surface area contributed by atoms with Gasteiger partial charge in [-0.2, -0.15) is 0 Å².